The molecule has 3 aromatic heterocycles. The summed E-state index contributed by atoms with van der Waals surface area (Å²) in [6.45, 7) is 0.202. The summed E-state index contributed by atoms with van der Waals surface area (Å²) in [5.41, 5.74) is 1.47. The number of H-pyrrole nitrogens is 1. The third-order valence-corrected chi connectivity index (χ3v) is 5.25. The quantitative estimate of drug-likeness (QED) is 0.372. The van der Waals surface area contributed by atoms with Crippen LogP contribution in [0, 0.1) is 0 Å². The molecule has 0 atom stereocenters. The number of rotatable bonds is 6. The molecule has 168 valence electrons. The van der Waals surface area contributed by atoms with Crippen LogP contribution in [0.4, 0.5) is 19.1 Å². The molecule has 0 aliphatic carbocycles. The third kappa shape index (κ3) is 4.32. The second-order valence-electron chi connectivity index (χ2n) is 7.55. The molecule has 2 N–H and O–H groups in total. The number of alkyl halides is 3. The zero-order chi connectivity index (χ0) is 23.0. The number of aryl methyl sites for hydroxylation is 1. The lowest BCUT2D eigenvalue weighted by atomic mass is 10.2. The standard InChI is InChI=1S/C23H18F3N5O2/c24-23(25,26)14-7-8-19-18(12-14)29-22(31(19)13-15-4-3-11-33-15)30-21(32)10-9-20-27-16-5-1-2-6-17(16)28-20/h1-8,11-12H,9-10,13H2,(H,27,28)(H,29,30,32). The number of aromatic nitrogens is 4. The maximum absolute atomic E-state index is 13.1. The third-order valence-electron chi connectivity index (χ3n) is 5.25. The van der Waals surface area contributed by atoms with Gasteiger partial charge in [-0.05, 0) is 42.5 Å². The van der Waals surface area contributed by atoms with Crippen LogP contribution in [-0.4, -0.2) is 25.4 Å². The van der Waals surface area contributed by atoms with Gasteiger partial charge in [-0.3, -0.25) is 10.1 Å². The van der Waals surface area contributed by atoms with Crippen molar-refractivity contribution in [2.24, 2.45) is 0 Å². The van der Waals surface area contributed by atoms with Gasteiger partial charge in [0.1, 0.15) is 11.6 Å². The second kappa shape index (κ2) is 8.12. The van der Waals surface area contributed by atoms with Gasteiger partial charge < -0.3 is 14.0 Å². The van der Waals surface area contributed by atoms with Crippen LogP contribution in [0.15, 0.2) is 65.3 Å². The normalized spacial score (nSPS) is 12.0. The van der Waals surface area contributed by atoms with E-state index < -0.39 is 11.7 Å². The van der Waals surface area contributed by atoms with E-state index in [1.165, 1.54) is 12.3 Å². The van der Waals surface area contributed by atoms with Gasteiger partial charge in [0.15, 0.2) is 0 Å². The van der Waals surface area contributed by atoms with Crippen LogP contribution in [0.5, 0.6) is 0 Å². The van der Waals surface area contributed by atoms with Crippen molar-refractivity contribution in [3.63, 3.8) is 0 Å². The SMILES string of the molecule is O=C(CCc1nc2ccccc2[nH]1)Nc1nc2cc(C(F)(F)F)ccc2n1Cc1ccco1. The van der Waals surface area contributed by atoms with Gasteiger partial charge in [-0.2, -0.15) is 13.2 Å². The number of aromatic amines is 1. The van der Waals surface area contributed by atoms with Crippen LogP contribution < -0.4 is 5.32 Å². The van der Waals surface area contributed by atoms with Gasteiger partial charge in [0.25, 0.3) is 0 Å². The van der Waals surface area contributed by atoms with E-state index in [1.807, 2.05) is 24.3 Å². The molecule has 0 fully saturated rings. The molecule has 0 saturated carbocycles. The fraction of sp³-hybridized carbons (Fsp3) is 0.174. The van der Waals surface area contributed by atoms with Crippen LogP contribution in [0.3, 0.4) is 0 Å². The van der Waals surface area contributed by atoms with E-state index in [2.05, 4.69) is 20.3 Å². The highest BCUT2D eigenvalue weighted by Crippen LogP contribution is 2.32. The fourth-order valence-electron chi connectivity index (χ4n) is 3.66. The summed E-state index contributed by atoms with van der Waals surface area (Å²) in [7, 11) is 0. The summed E-state index contributed by atoms with van der Waals surface area (Å²) < 4.78 is 46.4. The molecule has 1 amide bonds. The van der Waals surface area contributed by atoms with Crippen molar-refractivity contribution >= 4 is 33.9 Å². The number of fused-ring (bicyclic) bond motifs is 2. The number of amides is 1. The lowest BCUT2D eigenvalue weighted by Crippen LogP contribution is -2.17. The Morgan fingerprint density at radius 3 is 2.67 bits per heavy atom. The highest BCUT2D eigenvalue weighted by atomic mass is 19.4. The Hall–Kier alpha value is -4.08. The minimum Gasteiger partial charge on any atom is -0.467 e. The lowest BCUT2D eigenvalue weighted by Gasteiger charge is -2.09. The van der Waals surface area contributed by atoms with E-state index in [4.69, 9.17) is 4.42 Å². The molecule has 0 spiro atoms. The molecule has 2 aromatic carbocycles. The zero-order valence-corrected chi connectivity index (χ0v) is 17.2. The maximum atomic E-state index is 13.1. The van der Waals surface area contributed by atoms with Gasteiger partial charge in [-0.1, -0.05) is 12.1 Å². The van der Waals surface area contributed by atoms with Crippen molar-refractivity contribution < 1.29 is 22.4 Å². The van der Waals surface area contributed by atoms with Crippen LogP contribution in [-0.2, 0) is 23.9 Å². The van der Waals surface area contributed by atoms with E-state index in [9.17, 15) is 18.0 Å². The molecular formula is C23H18F3N5O2. The summed E-state index contributed by atoms with van der Waals surface area (Å²) in [4.78, 5) is 24.5. The van der Waals surface area contributed by atoms with E-state index in [1.54, 1.807) is 16.7 Å². The minimum absolute atomic E-state index is 0.123. The van der Waals surface area contributed by atoms with E-state index in [0.29, 0.717) is 23.5 Å². The van der Waals surface area contributed by atoms with Gasteiger partial charge in [0, 0.05) is 12.8 Å². The van der Waals surface area contributed by atoms with Crippen LogP contribution in [0.1, 0.15) is 23.6 Å². The number of hydrogen-bond acceptors (Lipinski definition) is 4. The van der Waals surface area contributed by atoms with Crippen molar-refractivity contribution in [3.05, 3.63) is 78.0 Å². The first-order chi connectivity index (χ1) is 15.9. The Bertz CT molecular complexity index is 1400. The lowest BCUT2D eigenvalue weighted by molar-refractivity contribution is -0.137. The van der Waals surface area contributed by atoms with E-state index in [-0.39, 0.29) is 30.3 Å². The van der Waals surface area contributed by atoms with Gasteiger partial charge in [-0.15, -0.1) is 0 Å². The Morgan fingerprint density at radius 2 is 1.91 bits per heavy atom. The highest BCUT2D eigenvalue weighted by molar-refractivity contribution is 5.92. The molecule has 5 aromatic rings. The summed E-state index contributed by atoms with van der Waals surface area (Å²) in [6, 6.07) is 14.3. The van der Waals surface area contributed by atoms with Gasteiger partial charge in [0.2, 0.25) is 11.9 Å². The van der Waals surface area contributed by atoms with E-state index >= 15 is 0 Å². The molecule has 3 heterocycles. The van der Waals surface area contributed by atoms with Crippen molar-refractivity contribution in [1.82, 2.24) is 19.5 Å². The number of imidazole rings is 2. The van der Waals surface area contributed by atoms with Crippen molar-refractivity contribution in [2.45, 2.75) is 25.6 Å². The largest absolute Gasteiger partial charge is 0.467 e. The van der Waals surface area contributed by atoms with Gasteiger partial charge in [0.05, 0.1) is 40.4 Å². The molecular weight excluding hydrogens is 435 g/mol. The molecule has 0 unspecified atom stereocenters. The summed E-state index contributed by atoms with van der Waals surface area (Å²) >= 11 is 0. The highest BCUT2D eigenvalue weighted by Gasteiger charge is 2.31. The molecule has 0 bridgehead atoms. The van der Waals surface area contributed by atoms with Crippen molar-refractivity contribution in [1.29, 1.82) is 0 Å². The van der Waals surface area contributed by atoms with Crippen LogP contribution >= 0.6 is 0 Å². The Morgan fingerprint density at radius 1 is 1.06 bits per heavy atom. The molecule has 7 nitrogen and oxygen atoms in total. The van der Waals surface area contributed by atoms with Gasteiger partial charge >= 0.3 is 6.18 Å². The molecule has 0 saturated heterocycles. The first-order valence-electron chi connectivity index (χ1n) is 10.2. The average molecular weight is 453 g/mol. The zero-order valence-electron chi connectivity index (χ0n) is 17.2. The minimum atomic E-state index is -4.49. The van der Waals surface area contributed by atoms with E-state index in [0.717, 1.165) is 23.2 Å². The topological polar surface area (TPSA) is 88.7 Å². The number of nitrogens with one attached hydrogen (secondary N) is 2. The second-order valence-corrected chi connectivity index (χ2v) is 7.55. The number of halogens is 3. The smallest absolute Gasteiger partial charge is 0.416 e. The number of para-hydroxylation sites is 2. The molecule has 0 aliphatic rings. The van der Waals surface area contributed by atoms with Crippen molar-refractivity contribution in [2.75, 3.05) is 5.32 Å². The van der Waals surface area contributed by atoms with Gasteiger partial charge in [-0.25, -0.2) is 9.97 Å². The molecule has 0 radical (unpaired) electrons. The summed E-state index contributed by atoms with van der Waals surface area (Å²) in [5.74, 6) is 1.06. The number of hydrogen-bond donors (Lipinski definition) is 2. The fourth-order valence-corrected chi connectivity index (χ4v) is 3.66. The Kier molecular flexibility index (Phi) is 5.12. The number of benzene rings is 2. The summed E-state index contributed by atoms with van der Waals surface area (Å²) in [5, 5.41) is 2.72. The number of carbonyl (C=O) groups is 1. The first-order valence-corrected chi connectivity index (χ1v) is 10.2. The average Bonchev–Trinajstić information content (AvgIpc) is 3.51. The Balaban J connectivity index is 1.39. The maximum Gasteiger partial charge on any atom is 0.416 e. The number of nitrogens with zero attached hydrogens (tertiary/aromatic N) is 3. The molecule has 10 heteroatoms. The number of anilines is 1. The first kappa shape index (κ1) is 20.8. The van der Waals surface area contributed by atoms with Crippen molar-refractivity contribution in [3.8, 4) is 0 Å². The Labute approximate surface area is 185 Å². The number of carbonyl (C=O) groups excluding carboxylic acids is 1. The summed E-state index contributed by atoms with van der Waals surface area (Å²) in [6.07, 6.45) is -2.49. The van der Waals surface area contributed by atoms with Crippen LogP contribution in [0.2, 0.25) is 0 Å². The molecule has 33 heavy (non-hydrogen) atoms. The molecule has 0 aliphatic heterocycles. The predicted molar refractivity (Wildman–Crippen MR) is 116 cm³/mol. The predicted octanol–water partition coefficient (Wildman–Crippen LogP) is 5.14. The molecule has 5 rings (SSSR count). The number of furan rings is 1. The monoisotopic (exact) mass is 453 g/mol. The van der Waals surface area contributed by atoms with Crippen LogP contribution in [0.25, 0.3) is 22.1 Å².